The van der Waals surface area contributed by atoms with Gasteiger partial charge in [0.25, 0.3) is 5.91 Å². The molecule has 0 spiro atoms. The molecule has 0 aromatic carbocycles. The number of piperazine rings is 1. The predicted octanol–water partition coefficient (Wildman–Crippen LogP) is 1.25. The van der Waals surface area contributed by atoms with Crippen LogP contribution >= 0.6 is 11.3 Å². The highest BCUT2D eigenvalue weighted by Crippen LogP contribution is 2.28. The summed E-state index contributed by atoms with van der Waals surface area (Å²) >= 11 is 1.65. The fourth-order valence-corrected chi connectivity index (χ4v) is 3.64. The molecule has 18 heavy (non-hydrogen) atoms. The quantitative estimate of drug-likeness (QED) is 0.832. The van der Waals surface area contributed by atoms with E-state index in [2.05, 4.69) is 12.2 Å². The number of carbonyl (C=O) groups excluding carboxylic acids is 1. The molecule has 1 N–H and O–H groups in total. The minimum Gasteiger partial charge on any atom is -0.376 e. The summed E-state index contributed by atoms with van der Waals surface area (Å²) in [4.78, 5) is 16.6. The van der Waals surface area contributed by atoms with Crippen LogP contribution in [0.2, 0.25) is 0 Å². The Morgan fingerprint density at radius 2 is 2.50 bits per heavy atom. The Bertz CT molecular complexity index is 434. The highest BCUT2D eigenvalue weighted by Gasteiger charge is 2.24. The van der Waals surface area contributed by atoms with Crippen LogP contribution in [0.15, 0.2) is 6.07 Å². The smallest absolute Gasteiger partial charge is 0.264 e. The highest BCUT2D eigenvalue weighted by atomic mass is 32.1. The van der Waals surface area contributed by atoms with Crippen molar-refractivity contribution in [1.29, 1.82) is 0 Å². The zero-order valence-electron chi connectivity index (χ0n) is 10.6. The predicted molar refractivity (Wildman–Crippen MR) is 71.0 cm³/mol. The molecule has 98 valence electrons. The van der Waals surface area contributed by atoms with Crippen LogP contribution < -0.4 is 5.32 Å². The van der Waals surface area contributed by atoms with E-state index in [1.54, 1.807) is 11.3 Å². The molecule has 1 aromatic heterocycles. The third-order valence-electron chi connectivity index (χ3n) is 3.49. The molecule has 1 atom stereocenters. The van der Waals surface area contributed by atoms with E-state index in [-0.39, 0.29) is 5.91 Å². The lowest BCUT2D eigenvalue weighted by molar-refractivity contribution is 0.0713. The van der Waals surface area contributed by atoms with E-state index in [0.717, 1.165) is 37.5 Å². The van der Waals surface area contributed by atoms with Gasteiger partial charge in [-0.3, -0.25) is 4.79 Å². The summed E-state index contributed by atoms with van der Waals surface area (Å²) in [7, 11) is 0. The number of amides is 1. The Morgan fingerprint density at radius 1 is 1.61 bits per heavy atom. The van der Waals surface area contributed by atoms with Crippen molar-refractivity contribution in [2.45, 2.75) is 26.0 Å². The minimum absolute atomic E-state index is 0.183. The molecule has 3 heterocycles. The van der Waals surface area contributed by atoms with Crippen molar-refractivity contribution in [3.63, 3.8) is 0 Å². The molecule has 3 rings (SSSR count). The number of hydrogen-bond donors (Lipinski definition) is 1. The molecule has 4 nitrogen and oxygen atoms in total. The summed E-state index contributed by atoms with van der Waals surface area (Å²) in [5.74, 6) is 0.183. The van der Waals surface area contributed by atoms with Crippen LogP contribution in [-0.4, -0.2) is 43.1 Å². The third-order valence-corrected chi connectivity index (χ3v) is 4.72. The van der Waals surface area contributed by atoms with E-state index in [1.165, 1.54) is 10.4 Å². The van der Waals surface area contributed by atoms with Crippen molar-refractivity contribution < 1.29 is 9.53 Å². The Balaban J connectivity index is 1.77. The highest BCUT2D eigenvalue weighted by molar-refractivity contribution is 7.14. The summed E-state index contributed by atoms with van der Waals surface area (Å²) in [5.41, 5.74) is 1.21. The van der Waals surface area contributed by atoms with Gasteiger partial charge in [0.2, 0.25) is 0 Å². The molecule has 1 saturated heterocycles. The van der Waals surface area contributed by atoms with Crippen LogP contribution in [-0.2, 0) is 17.8 Å². The van der Waals surface area contributed by atoms with Gasteiger partial charge in [-0.05, 0) is 18.6 Å². The number of fused-ring (bicyclic) bond motifs is 1. The number of ether oxygens (including phenoxy) is 1. The van der Waals surface area contributed by atoms with Gasteiger partial charge in [0, 0.05) is 37.0 Å². The van der Waals surface area contributed by atoms with Crippen molar-refractivity contribution in [2.24, 2.45) is 0 Å². The lowest BCUT2D eigenvalue weighted by Crippen LogP contribution is -2.51. The molecule has 0 aliphatic carbocycles. The number of hydrogen-bond acceptors (Lipinski definition) is 4. The zero-order valence-corrected chi connectivity index (χ0v) is 11.4. The summed E-state index contributed by atoms with van der Waals surface area (Å²) in [6, 6.07) is 2.41. The molecule has 5 heteroatoms. The standard InChI is InChI=1S/C13H18N2O2S/c1-9-7-15(4-3-14-9)13(16)12-6-10-8-17-5-2-11(10)18-12/h6,9,14H,2-5,7-8H2,1H3. The first-order valence-electron chi connectivity index (χ1n) is 6.46. The Kier molecular flexibility index (Phi) is 3.37. The molecule has 2 aliphatic rings. The summed E-state index contributed by atoms with van der Waals surface area (Å²) in [6.07, 6.45) is 0.950. The third kappa shape index (κ3) is 2.30. The fourth-order valence-electron chi connectivity index (χ4n) is 2.53. The van der Waals surface area contributed by atoms with Gasteiger partial charge in [0.05, 0.1) is 18.1 Å². The van der Waals surface area contributed by atoms with E-state index in [9.17, 15) is 4.79 Å². The van der Waals surface area contributed by atoms with Crippen LogP contribution in [0.25, 0.3) is 0 Å². The Morgan fingerprint density at radius 3 is 3.28 bits per heavy atom. The van der Waals surface area contributed by atoms with Gasteiger partial charge >= 0.3 is 0 Å². The maximum absolute atomic E-state index is 12.4. The molecule has 1 amide bonds. The number of thiophene rings is 1. The monoisotopic (exact) mass is 266 g/mol. The van der Waals surface area contributed by atoms with Crippen molar-refractivity contribution in [1.82, 2.24) is 10.2 Å². The van der Waals surface area contributed by atoms with E-state index >= 15 is 0 Å². The van der Waals surface area contributed by atoms with Gasteiger partial charge in [0.15, 0.2) is 0 Å². The number of carbonyl (C=O) groups is 1. The fraction of sp³-hybridized carbons (Fsp3) is 0.615. The molecule has 0 radical (unpaired) electrons. The van der Waals surface area contributed by atoms with Crippen LogP contribution in [0.5, 0.6) is 0 Å². The van der Waals surface area contributed by atoms with E-state index in [0.29, 0.717) is 12.6 Å². The van der Waals surface area contributed by atoms with Gasteiger partial charge < -0.3 is 15.0 Å². The molecule has 0 saturated carbocycles. The second-order valence-electron chi connectivity index (χ2n) is 4.97. The lowest BCUT2D eigenvalue weighted by atomic mass is 10.1. The van der Waals surface area contributed by atoms with E-state index in [1.807, 2.05) is 11.0 Å². The molecule has 2 aliphatic heterocycles. The van der Waals surface area contributed by atoms with Crippen molar-refractivity contribution >= 4 is 17.2 Å². The lowest BCUT2D eigenvalue weighted by Gasteiger charge is -2.31. The van der Waals surface area contributed by atoms with Crippen molar-refractivity contribution in [2.75, 3.05) is 26.2 Å². The normalized spacial score (nSPS) is 23.8. The van der Waals surface area contributed by atoms with Gasteiger partial charge in [-0.2, -0.15) is 0 Å². The first-order chi connectivity index (χ1) is 8.74. The van der Waals surface area contributed by atoms with Crippen LogP contribution in [0.4, 0.5) is 0 Å². The molecule has 0 bridgehead atoms. The molecule has 1 unspecified atom stereocenters. The number of nitrogens with zero attached hydrogens (tertiary/aromatic N) is 1. The average Bonchev–Trinajstić information content (AvgIpc) is 2.81. The largest absolute Gasteiger partial charge is 0.376 e. The van der Waals surface area contributed by atoms with Gasteiger partial charge in [-0.15, -0.1) is 11.3 Å². The Hall–Kier alpha value is -0.910. The average molecular weight is 266 g/mol. The zero-order chi connectivity index (χ0) is 12.5. The number of nitrogens with one attached hydrogen (secondary N) is 1. The van der Waals surface area contributed by atoms with Gasteiger partial charge in [-0.25, -0.2) is 0 Å². The minimum atomic E-state index is 0.183. The van der Waals surface area contributed by atoms with Crippen LogP contribution in [0.1, 0.15) is 27.0 Å². The van der Waals surface area contributed by atoms with Crippen molar-refractivity contribution in [3.05, 3.63) is 21.4 Å². The molecular formula is C13H18N2O2S. The Labute approximate surface area is 111 Å². The second kappa shape index (κ2) is 4.99. The maximum Gasteiger partial charge on any atom is 0.264 e. The first-order valence-corrected chi connectivity index (χ1v) is 7.27. The second-order valence-corrected chi connectivity index (χ2v) is 6.10. The van der Waals surface area contributed by atoms with Crippen molar-refractivity contribution in [3.8, 4) is 0 Å². The van der Waals surface area contributed by atoms with Gasteiger partial charge in [0.1, 0.15) is 0 Å². The maximum atomic E-state index is 12.4. The molecule has 1 fully saturated rings. The summed E-state index contributed by atoms with van der Waals surface area (Å²) in [5, 5.41) is 3.36. The topological polar surface area (TPSA) is 41.6 Å². The van der Waals surface area contributed by atoms with Crippen LogP contribution in [0, 0.1) is 0 Å². The van der Waals surface area contributed by atoms with E-state index < -0.39 is 0 Å². The summed E-state index contributed by atoms with van der Waals surface area (Å²) in [6.45, 7) is 6.07. The van der Waals surface area contributed by atoms with Gasteiger partial charge in [-0.1, -0.05) is 0 Å². The summed E-state index contributed by atoms with van der Waals surface area (Å²) < 4.78 is 5.42. The molecule has 1 aromatic rings. The first kappa shape index (κ1) is 12.1. The number of rotatable bonds is 1. The SMILES string of the molecule is CC1CN(C(=O)c2cc3c(s2)CCOC3)CCN1. The molecular weight excluding hydrogens is 248 g/mol. The van der Waals surface area contributed by atoms with Crippen LogP contribution in [0.3, 0.4) is 0 Å². The van der Waals surface area contributed by atoms with E-state index in [4.69, 9.17) is 4.74 Å².